The molecule has 0 aromatic heterocycles. The number of nitrogens with one attached hydrogen (secondary N) is 1. The van der Waals surface area contributed by atoms with E-state index in [9.17, 15) is 9.18 Å². The lowest BCUT2D eigenvalue weighted by Crippen LogP contribution is -2.32. The first-order valence-electron chi connectivity index (χ1n) is 6.57. The van der Waals surface area contributed by atoms with Gasteiger partial charge in [-0.1, -0.05) is 23.8 Å². The van der Waals surface area contributed by atoms with Gasteiger partial charge in [0.15, 0.2) is 0 Å². The van der Waals surface area contributed by atoms with Crippen LogP contribution in [0.3, 0.4) is 0 Å². The predicted molar refractivity (Wildman–Crippen MR) is 83.7 cm³/mol. The molecule has 0 spiro atoms. The molecule has 3 N–H and O–H groups in total. The van der Waals surface area contributed by atoms with Crippen LogP contribution in [0.1, 0.15) is 32.8 Å². The zero-order valence-corrected chi connectivity index (χ0v) is 13.1. The minimum atomic E-state index is -0.519. The molecule has 0 fully saturated rings. The third kappa shape index (κ3) is 6.49. The summed E-state index contributed by atoms with van der Waals surface area (Å²) in [7, 11) is 0. The van der Waals surface area contributed by atoms with Crippen molar-refractivity contribution in [2.75, 3.05) is 12.3 Å². The number of alkyl carbamates (subject to hydrolysis) is 1. The monoisotopic (exact) mass is 314 g/mol. The largest absolute Gasteiger partial charge is 0.444 e. The van der Waals surface area contributed by atoms with Crippen molar-refractivity contribution in [1.82, 2.24) is 5.32 Å². The van der Waals surface area contributed by atoms with E-state index in [4.69, 9.17) is 22.1 Å². The van der Waals surface area contributed by atoms with Gasteiger partial charge in [0.1, 0.15) is 11.4 Å². The van der Waals surface area contributed by atoms with Gasteiger partial charge >= 0.3 is 6.09 Å². The molecule has 0 aliphatic rings. The van der Waals surface area contributed by atoms with Gasteiger partial charge in [-0.2, -0.15) is 0 Å². The van der Waals surface area contributed by atoms with Gasteiger partial charge in [0.05, 0.1) is 10.7 Å². The molecule has 0 aliphatic heterocycles. The highest BCUT2D eigenvalue weighted by atomic mass is 35.5. The lowest BCUT2D eigenvalue weighted by Gasteiger charge is -2.19. The summed E-state index contributed by atoms with van der Waals surface area (Å²) in [6, 6.07) is 2.64. The van der Waals surface area contributed by atoms with Gasteiger partial charge in [-0.3, -0.25) is 0 Å². The van der Waals surface area contributed by atoms with Crippen molar-refractivity contribution in [2.24, 2.45) is 0 Å². The van der Waals surface area contributed by atoms with Crippen LogP contribution >= 0.6 is 11.6 Å². The van der Waals surface area contributed by atoms with Crippen molar-refractivity contribution in [3.63, 3.8) is 0 Å². The number of halogens is 2. The fourth-order valence-electron chi connectivity index (χ4n) is 1.49. The van der Waals surface area contributed by atoms with Crippen LogP contribution in [0.4, 0.5) is 14.9 Å². The number of amides is 1. The van der Waals surface area contributed by atoms with Crippen LogP contribution in [0.25, 0.3) is 6.08 Å². The third-order valence-electron chi connectivity index (χ3n) is 2.39. The molecule has 0 radical (unpaired) electrons. The van der Waals surface area contributed by atoms with Crippen molar-refractivity contribution in [2.45, 2.75) is 32.8 Å². The average molecular weight is 315 g/mol. The van der Waals surface area contributed by atoms with Crippen LogP contribution < -0.4 is 11.1 Å². The van der Waals surface area contributed by atoms with Crippen LogP contribution in [0.2, 0.25) is 5.02 Å². The van der Waals surface area contributed by atoms with E-state index in [1.807, 2.05) is 0 Å². The van der Waals surface area contributed by atoms with E-state index >= 15 is 0 Å². The second-order valence-corrected chi connectivity index (χ2v) is 5.92. The molecule has 0 saturated heterocycles. The van der Waals surface area contributed by atoms with Crippen molar-refractivity contribution in [3.8, 4) is 0 Å². The number of nitrogen functional groups attached to an aromatic ring is 1. The first-order chi connectivity index (χ1) is 9.69. The number of anilines is 1. The number of nitrogens with two attached hydrogens (primary N) is 1. The quantitative estimate of drug-likeness (QED) is 0.652. The Bertz CT molecular complexity index is 539. The molecule has 0 heterocycles. The Hall–Kier alpha value is -1.75. The Labute approximate surface area is 129 Å². The van der Waals surface area contributed by atoms with E-state index < -0.39 is 17.5 Å². The van der Waals surface area contributed by atoms with Gasteiger partial charge in [-0.15, -0.1) is 0 Å². The van der Waals surface area contributed by atoms with Crippen LogP contribution in [-0.4, -0.2) is 18.2 Å². The molecule has 21 heavy (non-hydrogen) atoms. The van der Waals surface area contributed by atoms with Crippen molar-refractivity contribution < 1.29 is 13.9 Å². The Morgan fingerprint density at radius 3 is 2.76 bits per heavy atom. The minimum absolute atomic E-state index is 0.0174. The standard InChI is InChI=1S/C15H20ClFN2O2/c1-15(2,3)21-14(20)19-7-5-4-6-10-8-12(17)13(18)9-11(10)16/h4,6,8-9H,5,7,18H2,1-3H3,(H,19,20). The molecule has 6 heteroatoms. The van der Waals surface area contributed by atoms with Crippen LogP contribution in [0, 0.1) is 5.82 Å². The highest BCUT2D eigenvalue weighted by Crippen LogP contribution is 2.23. The smallest absolute Gasteiger partial charge is 0.407 e. The lowest BCUT2D eigenvalue weighted by atomic mass is 10.1. The Balaban J connectivity index is 2.43. The van der Waals surface area contributed by atoms with E-state index in [1.54, 1.807) is 32.9 Å². The summed E-state index contributed by atoms with van der Waals surface area (Å²) in [5.74, 6) is -0.508. The van der Waals surface area contributed by atoms with E-state index in [1.165, 1.54) is 12.1 Å². The first-order valence-corrected chi connectivity index (χ1v) is 6.95. The predicted octanol–water partition coefficient (Wildman–Crippen LogP) is 3.99. The number of carbonyl (C=O) groups excluding carboxylic acids is 1. The van der Waals surface area contributed by atoms with Crippen molar-refractivity contribution in [1.29, 1.82) is 0 Å². The fraction of sp³-hybridized carbons (Fsp3) is 0.400. The molecule has 1 aromatic rings. The zero-order chi connectivity index (χ0) is 16.0. The van der Waals surface area contributed by atoms with Crippen molar-refractivity contribution >= 4 is 29.5 Å². The van der Waals surface area contributed by atoms with E-state index in [0.29, 0.717) is 23.6 Å². The third-order valence-corrected chi connectivity index (χ3v) is 2.72. The highest BCUT2D eigenvalue weighted by molar-refractivity contribution is 6.32. The molecule has 116 valence electrons. The Morgan fingerprint density at radius 1 is 1.48 bits per heavy atom. The Morgan fingerprint density at radius 2 is 2.14 bits per heavy atom. The van der Waals surface area contributed by atoms with Crippen molar-refractivity contribution in [3.05, 3.63) is 34.6 Å². The molecular weight excluding hydrogens is 295 g/mol. The number of carbonyl (C=O) groups is 1. The van der Waals surface area contributed by atoms with E-state index in [2.05, 4.69) is 5.32 Å². The molecule has 4 nitrogen and oxygen atoms in total. The zero-order valence-electron chi connectivity index (χ0n) is 12.4. The minimum Gasteiger partial charge on any atom is -0.444 e. The molecule has 1 rings (SSSR count). The molecule has 1 aromatic carbocycles. The molecule has 0 aliphatic carbocycles. The maximum atomic E-state index is 13.3. The fourth-order valence-corrected chi connectivity index (χ4v) is 1.72. The van der Waals surface area contributed by atoms with Gasteiger partial charge in [0.25, 0.3) is 0 Å². The van der Waals surface area contributed by atoms with Gasteiger partial charge in [0, 0.05) is 6.54 Å². The van der Waals surface area contributed by atoms with Gasteiger partial charge in [0.2, 0.25) is 0 Å². The number of rotatable bonds is 4. The lowest BCUT2D eigenvalue weighted by molar-refractivity contribution is 0.0529. The molecule has 0 unspecified atom stereocenters. The van der Waals surface area contributed by atoms with Gasteiger partial charge < -0.3 is 15.8 Å². The number of hydrogen-bond donors (Lipinski definition) is 2. The molecule has 0 bridgehead atoms. The summed E-state index contributed by atoms with van der Waals surface area (Å²) < 4.78 is 18.4. The number of benzene rings is 1. The summed E-state index contributed by atoms with van der Waals surface area (Å²) in [6.07, 6.45) is 3.57. The number of ether oxygens (including phenoxy) is 1. The summed E-state index contributed by atoms with van der Waals surface area (Å²) in [6.45, 7) is 5.80. The summed E-state index contributed by atoms with van der Waals surface area (Å²) >= 11 is 5.95. The van der Waals surface area contributed by atoms with Gasteiger partial charge in [-0.25, -0.2) is 9.18 Å². The second kappa shape index (κ2) is 7.31. The van der Waals surface area contributed by atoms with Gasteiger partial charge in [-0.05, 0) is 44.9 Å². The SMILES string of the molecule is CC(C)(C)OC(=O)NCCC=Cc1cc(F)c(N)cc1Cl. The summed E-state index contributed by atoms with van der Waals surface area (Å²) in [5.41, 5.74) is 5.45. The normalized spacial score (nSPS) is 11.7. The summed E-state index contributed by atoms with van der Waals surface area (Å²) in [5, 5.41) is 3.00. The Kier molecular flexibility index (Phi) is 6.03. The topological polar surface area (TPSA) is 64.3 Å². The van der Waals surface area contributed by atoms with Crippen LogP contribution in [0.5, 0.6) is 0 Å². The average Bonchev–Trinajstić information content (AvgIpc) is 2.32. The maximum absolute atomic E-state index is 13.3. The molecule has 1 amide bonds. The van der Waals surface area contributed by atoms with Crippen LogP contribution in [-0.2, 0) is 4.74 Å². The molecular formula is C15H20ClFN2O2. The molecule has 0 atom stereocenters. The summed E-state index contributed by atoms with van der Waals surface area (Å²) in [4.78, 5) is 11.4. The maximum Gasteiger partial charge on any atom is 0.407 e. The van der Waals surface area contributed by atoms with E-state index in [0.717, 1.165) is 0 Å². The highest BCUT2D eigenvalue weighted by Gasteiger charge is 2.15. The second-order valence-electron chi connectivity index (χ2n) is 5.51. The molecule has 0 saturated carbocycles. The number of hydrogen-bond acceptors (Lipinski definition) is 3. The first kappa shape index (κ1) is 17.3. The van der Waals surface area contributed by atoms with E-state index in [-0.39, 0.29) is 5.69 Å². The van der Waals surface area contributed by atoms with Crippen LogP contribution in [0.15, 0.2) is 18.2 Å².